The molecule has 0 spiro atoms. The molecule has 1 aromatic rings. The van der Waals surface area contributed by atoms with Crippen molar-refractivity contribution < 1.29 is 22.7 Å². The van der Waals surface area contributed by atoms with Crippen molar-refractivity contribution in [3.05, 3.63) is 48.3 Å². The summed E-state index contributed by atoms with van der Waals surface area (Å²) in [6.07, 6.45) is -0.106. The van der Waals surface area contributed by atoms with E-state index in [-0.39, 0.29) is 5.75 Å². The maximum atomic E-state index is 12.0. The van der Waals surface area contributed by atoms with Gasteiger partial charge in [0.15, 0.2) is 0 Å². The smallest absolute Gasteiger partial charge is 0.406 e. The number of nitrogens with one attached hydrogen (secondary N) is 2. The van der Waals surface area contributed by atoms with Crippen molar-refractivity contribution in [1.29, 1.82) is 0 Å². The SMILES string of the molecule is C=N/C=C\C=C(/C)NC(=O)Nc1ccc(OC(F)(F)F)cc1. The van der Waals surface area contributed by atoms with Crippen molar-refractivity contribution in [2.45, 2.75) is 13.3 Å². The quantitative estimate of drug-likeness (QED) is 0.641. The highest BCUT2D eigenvalue weighted by Gasteiger charge is 2.30. The second kappa shape index (κ2) is 7.87. The number of benzene rings is 1. The number of alkyl halides is 3. The lowest BCUT2D eigenvalue weighted by molar-refractivity contribution is -0.274. The first-order valence-corrected chi connectivity index (χ1v) is 6.03. The molecule has 5 nitrogen and oxygen atoms in total. The number of aliphatic imine (C=N–C) groups is 1. The number of nitrogens with zero attached hydrogens (tertiary/aromatic N) is 1. The molecule has 0 saturated heterocycles. The van der Waals surface area contributed by atoms with Crippen LogP contribution < -0.4 is 15.4 Å². The molecule has 0 fully saturated rings. The Bertz CT molecular complexity index is 578. The molecule has 0 unspecified atom stereocenters. The van der Waals surface area contributed by atoms with Crippen LogP contribution in [0.25, 0.3) is 0 Å². The third kappa shape index (κ3) is 7.13. The van der Waals surface area contributed by atoms with Crippen LogP contribution in [0.3, 0.4) is 0 Å². The number of carbonyl (C=O) groups is 1. The van der Waals surface area contributed by atoms with Gasteiger partial charge in [-0.05, 0) is 50.1 Å². The Morgan fingerprint density at radius 2 is 1.95 bits per heavy atom. The minimum atomic E-state index is -4.75. The van der Waals surface area contributed by atoms with Gasteiger partial charge >= 0.3 is 12.4 Å². The zero-order valence-electron chi connectivity index (χ0n) is 11.6. The van der Waals surface area contributed by atoms with Crippen molar-refractivity contribution in [2.24, 2.45) is 4.99 Å². The Hall–Kier alpha value is -2.77. The van der Waals surface area contributed by atoms with Crippen LogP contribution in [0.5, 0.6) is 5.75 Å². The molecule has 0 atom stereocenters. The second-order valence-electron chi connectivity index (χ2n) is 4.03. The van der Waals surface area contributed by atoms with Gasteiger partial charge in [0.25, 0.3) is 0 Å². The minimum Gasteiger partial charge on any atom is -0.406 e. The molecule has 2 amide bonds. The van der Waals surface area contributed by atoms with Crippen molar-refractivity contribution in [3.63, 3.8) is 0 Å². The Kier molecular flexibility index (Phi) is 6.18. The van der Waals surface area contributed by atoms with Crippen molar-refractivity contribution in [2.75, 3.05) is 5.32 Å². The summed E-state index contributed by atoms with van der Waals surface area (Å²) in [5.74, 6) is -0.364. The average Bonchev–Trinajstić information content (AvgIpc) is 2.39. The number of carbonyl (C=O) groups excluding carboxylic acids is 1. The summed E-state index contributed by atoms with van der Waals surface area (Å²) in [4.78, 5) is 15.1. The van der Waals surface area contributed by atoms with Gasteiger partial charge in [-0.3, -0.25) is 4.99 Å². The van der Waals surface area contributed by atoms with Gasteiger partial charge in [0.05, 0.1) is 0 Å². The number of amides is 2. The molecule has 0 bridgehead atoms. The molecule has 2 N–H and O–H groups in total. The zero-order valence-corrected chi connectivity index (χ0v) is 11.6. The number of hydrogen-bond donors (Lipinski definition) is 2. The average molecular weight is 313 g/mol. The monoisotopic (exact) mass is 313 g/mol. The maximum absolute atomic E-state index is 12.0. The number of hydrogen-bond acceptors (Lipinski definition) is 3. The van der Waals surface area contributed by atoms with E-state index < -0.39 is 12.4 Å². The van der Waals surface area contributed by atoms with Crippen LogP contribution >= 0.6 is 0 Å². The summed E-state index contributed by atoms with van der Waals surface area (Å²) in [6, 6.07) is 4.26. The van der Waals surface area contributed by atoms with E-state index in [1.165, 1.54) is 18.3 Å². The van der Waals surface area contributed by atoms with Crippen LogP contribution in [0.1, 0.15) is 6.92 Å². The number of anilines is 1. The molecule has 0 aromatic heterocycles. The summed E-state index contributed by atoms with van der Waals surface area (Å²) in [5.41, 5.74) is 0.873. The zero-order chi connectivity index (χ0) is 16.6. The fourth-order valence-corrected chi connectivity index (χ4v) is 1.37. The van der Waals surface area contributed by atoms with E-state index in [1.807, 2.05) is 0 Å². The third-order valence-corrected chi connectivity index (χ3v) is 2.19. The van der Waals surface area contributed by atoms with Crippen LogP contribution in [-0.4, -0.2) is 19.1 Å². The molecular formula is C14H14F3N3O2. The second-order valence-corrected chi connectivity index (χ2v) is 4.03. The van der Waals surface area contributed by atoms with Crippen LogP contribution in [0.2, 0.25) is 0 Å². The normalized spacial score (nSPS) is 12.1. The van der Waals surface area contributed by atoms with E-state index >= 15 is 0 Å². The first-order chi connectivity index (χ1) is 10.3. The fraction of sp³-hybridized carbons (Fsp3) is 0.143. The molecule has 0 aliphatic heterocycles. The van der Waals surface area contributed by atoms with Crippen LogP contribution in [0.4, 0.5) is 23.7 Å². The summed E-state index contributed by atoms with van der Waals surface area (Å²) >= 11 is 0. The van der Waals surface area contributed by atoms with E-state index in [4.69, 9.17) is 0 Å². The summed E-state index contributed by atoms with van der Waals surface area (Å²) in [5, 5.41) is 4.99. The Labute approximate surface area is 125 Å². The molecule has 118 valence electrons. The highest BCUT2D eigenvalue weighted by molar-refractivity contribution is 5.90. The molecule has 0 saturated carbocycles. The van der Waals surface area contributed by atoms with Gasteiger partial charge in [-0.2, -0.15) is 0 Å². The number of allylic oxidation sites excluding steroid dienone is 3. The Balaban J connectivity index is 2.56. The van der Waals surface area contributed by atoms with E-state index in [2.05, 4.69) is 27.1 Å². The molecule has 0 heterocycles. The third-order valence-electron chi connectivity index (χ3n) is 2.19. The molecule has 1 aromatic carbocycles. The lowest BCUT2D eigenvalue weighted by Crippen LogP contribution is -2.27. The van der Waals surface area contributed by atoms with Gasteiger partial charge < -0.3 is 15.4 Å². The Morgan fingerprint density at radius 1 is 1.32 bits per heavy atom. The standard InChI is InChI=1S/C14H14F3N3O2/c1-10(4-3-9-18-2)19-13(21)20-11-5-7-12(8-6-11)22-14(15,16)17/h3-9H,2H2,1H3,(H2,19,20,21)/b9-3-,10-4+. The highest BCUT2D eigenvalue weighted by Crippen LogP contribution is 2.23. The van der Waals surface area contributed by atoms with Gasteiger partial charge in [-0.15, -0.1) is 13.2 Å². The molecule has 0 aliphatic rings. The van der Waals surface area contributed by atoms with Gasteiger partial charge in [-0.1, -0.05) is 0 Å². The van der Waals surface area contributed by atoms with Gasteiger partial charge in [0, 0.05) is 17.6 Å². The Morgan fingerprint density at radius 3 is 2.50 bits per heavy atom. The lowest BCUT2D eigenvalue weighted by atomic mass is 10.3. The molecule has 0 radical (unpaired) electrons. The maximum Gasteiger partial charge on any atom is 0.573 e. The largest absolute Gasteiger partial charge is 0.573 e. The summed E-state index contributed by atoms with van der Waals surface area (Å²) < 4.78 is 39.7. The van der Waals surface area contributed by atoms with E-state index in [0.29, 0.717) is 11.4 Å². The summed E-state index contributed by atoms with van der Waals surface area (Å²) in [7, 11) is 0. The molecule has 22 heavy (non-hydrogen) atoms. The van der Waals surface area contributed by atoms with Crippen molar-refractivity contribution in [3.8, 4) is 5.75 Å². The number of rotatable bonds is 5. The van der Waals surface area contributed by atoms with E-state index in [9.17, 15) is 18.0 Å². The molecule has 1 rings (SSSR count). The topological polar surface area (TPSA) is 62.7 Å². The van der Waals surface area contributed by atoms with E-state index in [1.54, 1.807) is 19.1 Å². The lowest BCUT2D eigenvalue weighted by Gasteiger charge is -2.10. The number of urea groups is 1. The van der Waals surface area contributed by atoms with Gasteiger partial charge in [0.2, 0.25) is 0 Å². The summed E-state index contributed by atoms with van der Waals surface area (Å²) in [6.45, 7) is 4.92. The van der Waals surface area contributed by atoms with Crippen molar-refractivity contribution in [1.82, 2.24) is 5.32 Å². The van der Waals surface area contributed by atoms with Crippen LogP contribution in [0, 0.1) is 0 Å². The van der Waals surface area contributed by atoms with Crippen LogP contribution in [-0.2, 0) is 0 Å². The molecule has 0 aliphatic carbocycles. The fourth-order valence-electron chi connectivity index (χ4n) is 1.37. The predicted molar refractivity (Wildman–Crippen MR) is 77.7 cm³/mol. The van der Waals surface area contributed by atoms with Gasteiger partial charge in [0.1, 0.15) is 5.75 Å². The minimum absolute atomic E-state index is 0.322. The first kappa shape index (κ1) is 17.3. The first-order valence-electron chi connectivity index (χ1n) is 6.03. The molecule has 8 heteroatoms. The number of halogens is 3. The van der Waals surface area contributed by atoms with Crippen molar-refractivity contribution >= 4 is 18.4 Å². The highest BCUT2D eigenvalue weighted by atomic mass is 19.4. The van der Waals surface area contributed by atoms with Crippen LogP contribution in [0.15, 0.2) is 53.3 Å². The van der Waals surface area contributed by atoms with Gasteiger partial charge in [-0.25, -0.2) is 4.79 Å². The van der Waals surface area contributed by atoms with E-state index in [0.717, 1.165) is 12.1 Å². The molecular weight excluding hydrogens is 299 g/mol. The number of ether oxygens (including phenoxy) is 1. The predicted octanol–water partition coefficient (Wildman–Crippen LogP) is 3.82.